The molecule has 0 aliphatic rings. The minimum atomic E-state index is -4.50. The fraction of sp³-hybridized carbons (Fsp3) is 0.312. The number of anilines is 1. The molecule has 8 heteroatoms. The molecule has 0 bridgehead atoms. The van der Waals surface area contributed by atoms with Crippen molar-refractivity contribution < 1.29 is 13.2 Å². The zero-order valence-corrected chi connectivity index (χ0v) is 13.1. The third-order valence-corrected chi connectivity index (χ3v) is 3.63. The number of alkyl halides is 3. The van der Waals surface area contributed by atoms with Crippen molar-refractivity contribution in [3.8, 4) is 0 Å². The number of para-hydroxylation sites is 2. The third kappa shape index (κ3) is 3.32. The lowest BCUT2D eigenvalue weighted by atomic mass is 10.0. The maximum atomic E-state index is 12.6. The molecular formula is C16H16F3N5. The summed E-state index contributed by atoms with van der Waals surface area (Å²) >= 11 is 0. The van der Waals surface area contributed by atoms with Crippen molar-refractivity contribution in [1.29, 1.82) is 0 Å². The third-order valence-electron chi connectivity index (χ3n) is 3.63. The van der Waals surface area contributed by atoms with Gasteiger partial charge in [0.15, 0.2) is 5.69 Å². The van der Waals surface area contributed by atoms with Crippen LogP contribution in [0.4, 0.5) is 19.0 Å². The summed E-state index contributed by atoms with van der Waals surface area (Å²) in [6.45, 7) is 3.98. The molecule has 0 unspecified atom stereocenters. The van der Waals surface area contributed by atoms with Crippen molar-refractivity contribution in [2.45, 2.75) is 26.1 Å². The van der Waals surface area contributed by atoms with Gasteiger partial charge in [-0.05, 0) is 30.2 Å². The largest absolute Gasteiger partial charge is 0.435 e. The molecule has 1 aromatic carbocycles. The lowest BCUT2D eigenvalue weighted by Gasteiger charge is -2.20. The van der Waals surface area contributed by atoms with E-state index in [0.29, 0.717) is 5.82 Å². The summed E-state index contributed by atoms with van der Waals surface area (Å²) in [7, 11) is 0. The summed E-state index contributed by atoms with van der Waals surface area (Å²) in [5.41, 5.74) is 0.717. The standard InChI is InChI=1S/C16H16F3N5/c1-9(2)14(15-20-10-5-3-4-6-11(10)21-15)22-13-8-7-12(23-24-13)16(17,18)19/h3-9,14H,1-2H3,(H,20,21)(H,22,24)/t14-/m1/s1. The van der Waals surface area contributed by atoms with Gasteiger partial charge < -0.3 is 10.3 Å². The molecule has 2 N–H and O–H groups in total. The van der Waals surface area contributed by atoms with E-state index in [1.54, 1.807) is 0 Å². The number of fused-ring (bicyclic) bond motifs is 1. The van der Waals surface area contributed by atoms with Crippen LogP contribution in [0.15, 0.2) is 36.4 Å². The number of aromatic amines is 1. The van der Waals surface area contributed by atoms with Gasteiger partial charge in [0, 0.05) is 0 Å². The van der Waals surface area contributed by atoms with Crippen molar-refractivity contribution in [2.75, 3.05) is 5.32 Å². The lowest BCUT2D eigenvalue weighted by molar-refractivity contribution is -0.141. The molecule has 0 saturated carbocycles. The van der Waals surface area contributed by atoms with Gasteiger partial charge in [0.25, 0.3) is 0 Å². The van der Waals surface area contributed by atoms with Crippen LogP contribution in [-0.4, -0.2) is 20.2 Å². The molecule has 0 aliphatic heterocycles. The summed E-state index contributed by atoms with van der Waals surface area (Å²) in [6.07, 6.45) is -4.50. The molecular weight excluding hydrogens is 319 g/mol. The Hall–Kier alpha value is -2.64. The number of H-pyrrole nitrogens is 1. The van der Waals surface area contributed by atoms with Crippen LogP contribution in [0.2, 0.25) is 0 Å². The Labute approximate surface area is 136 Å². The first-order valence-electron chi connectivity index (χ1n) is 7.46. The number of imidazole rings is 1. The van der Waals surface area contributed by atoms with E-state index in [4.69, 9.17) is 0 Å². The maximum absolute atomic E-state index is 12.6. The first kappa shape index (κ1) is 16.2. The first-order valence-corrected chi connectivity index (χ1v) is 7.46. The van der Waals surface area contributed by atoms with Crippen LogP contribution in [-0.2, 0) is 6.18 Å². The highest BCUT2D eigenvalue weighted by molar-refractivity contribution is 5.74. The molecule has 0 radical (unpaired) electrons. The predicted molar refractivity (Wildman–Crippen MR) is 84.3 cm³/mol. The van der Waals surface area contributed by atoms with Crippen LogP contribution >= 0.6 is 0 Å². The average Bonchev–Trinajstić information content (AvgIpc) is 2.95. The van der Waals surface area contributed by atoms with Gasteiger partial charge in [0.1, 0.15) is 11.6 Å². The molecule has 126 valence electrons. The number of aromatic nitrogens is 4. The Morgan fingerprint density at radius 3 is 2.38 bits per heavy atom. The van der Waals surface area contributed by atoms with E-state index in [-0.39, 0.29) is 17.8 Å². The molecule has 1 atom stereocenters. The lowest BCUT2D eigenvalue weighted by Crippen LogP contribution is -2.19. The number of nitrogens with zero attached hydrogens (tertiary/aromatic N) is 3. The van der Waals surface area contributed by atoms with E-state index in [2.05, 4.69) is 25.5 Å². The monoisotopic (exact) mass is 335 g/mol. The zero-order valence-electron chi connectivity index (χ0n) is 13.1. The highest BCUT2D eigenvalue weighted by Crippen LogP contribution is 2.29. The molecule has 5 nitrogen and oxygen atoms in total. The van der Waals surface area contributed by atoms with Crippen molar-refractivity contribution >= 4 is 16.9 Å². The van der Waals surface area contributed by atoms with Crippen LogP contribution in [0.5, 0.6) is 0 Å². The molecule has 24 heavy (non-hydrogen) atoms. The molecule has 0 amide bonds. The summed E-state index contributed by atoms with van der Waals surface area (Å²) in [5, 5.41) is 9.95. The SMILES string of the molecule is CC(C)[C@@H](Nc1ccc(C(F)(F)F)nn1)c1nc2ccccc2[nH]1. The number of rotatable bonds is 4. The van der Waals surface area contributed by atoms with E-state index in [1.807, 2.05) is 38.1 Å². The maximum Gasteiger partial charge on any atom is 0.435 e. The molecule has 0 saturated heterocycles. The van der Waals surface area contributed by atoms with E-state index >= 15 is 0 Å². The summed E-state index contributed by atoms with van der Waals surface area (Å²) in [5.74, 6) is 1.10. The molecule has 0 aliphatic carbocycles. The normalized spacial score (nSPS) is 13.4. The quantitative estimate of drug-likeness (QED) is 0.750. The van der Waals surface area contributed by atoms with Gasteiger partial charge in [0.2, 0.25) is 0 Å². The van der Waals surface area contributed by atoms with Crippen molar-refractivity contribution in [3.63, 3.8) is 0 Å². The molecule has 3 aromatic rings. The van der Waals surface area contributed by atoms with Gasteiger partial charge >= 0.3 is 6.18 Å². The number of hydrogen-bond donors (Lipinski definition) is 2. The van der Waals surface area contributed by atoms with E-state index in [9.17, 15) is 13.2 Å². The number of halogens is 3. The summed E-state index contributed by atoms with van der Waals surface area (Å²) in [4.78, 5) is 7.77. The van der Waals surface area contributed by atoms with Crippen molar-refractivity contribution in [1.82, 2.24) is 20.2 Å². The fourth-order valence-corrected chi connectivity index (χ4v) is 2.39. The topological polar surface area (TPSA) is 66.5 Å². The van der Waals surface area contributed by atoms with Crippen LogP contribution < -0.4 is 5.32 Å². The fourth-order valence-electron chi connectivity index (χ4n) is 2.39. The number of hydrogen-bond acceptors (Lipinski definition) is 4. The number of benzene rings is 1. The van der Waals surface area contributed by atoms with Gasteiger partial charge in [-0.1, -0.05) is 26.0 Å². The Bertz CT molecular complexity index is 791. The highest BCUT2D eigenvalue weighted by atomic mass is 19.4. The highest BCUT2D eigenvalue weighted by Gasteiger charge is 2.33. The molecule has 0 fully saturated rings. The van der Waals surface area contributed by atoms with Crippen molar-refractivity contribution in [3.05, 3.63) is 47.9 Å². The predicted octanol–water partition coefficient (Wildman–Crippen LogP) is 4.18. The van der Waals surface area contributed by atoms with Crippen LogP contribution in [0, 0.1) is 5.92 Å². The van der Waals surface area contributed by atoms with Gasteiger partial charge in [-0.15, -0.1) is 10.2 Å². The Morgan fingerprint density at radius 1 is 1.04 bits per heavy atom. The average molecular weight is 335 g/mol. The molecule has 2 heterocycles. The second-order valence-corrected chi connectivity index (χ2v) is 5.81. The second kappa shape index (κ2) is 6.10. The number of nitrogens with one attached hydrogen (secondary N) is 2. The Kier molecular flexibility index (Phi) is 4.13. The van der Waals surface area contributed by atoms with Gasteiger partial charge in [-0.25, -0.2) is 4.98 Å². The minimum Gasteiger partial charge on any atom is -0.358 e. The molecule has 2 aromatic heterocycles. The van der Waals surface area contributed by atoms with E-state index < -0.39 is 11.9 Å². The molecule has 0 spiro atoms. The zero-order chi connectivity index (χ0) is 17.3. The van der Waals surface area contributed by atoms with E-state index in [1.165, 1.54) is 6.07 Å². The van der Waals surface area contributed by atoms with Gasteiger partial charge in [-0.3, -0.25) is 0 Å². The van der Waals surface area contributed by atoms with Crippen LogP contribution in [0.1, 0.15) is 31.4 Å². The summed E-state index contributed by atoms with van der Waals surface area (Å²) in [6, 6.07) is 9.56. The van der Waals surface area contributed by atoms with Gasteiger partial charge in [0.05, 0.1) is 17.1 Å². The Balaban J connectivity index is 1.86. The first-order chi connectivity index (χ1) is 11.3. The van der Waals surface area contributed by atoms with E-state index in [0.717, 1.165) is 17.1 Å². The van der Waals surface area contributed by atoms with Gasteiger partial charge in [-0.2, -0.15) is 13.2 Å². The molecule has 3 rings (SSSR count). The second-order valence-electron chi connectivity index (χ2n) is 5.81. The minimum absolute atomic E-state index is 0.134. The smallest absolute Gasteiger partial charge is 0.358 e. The summed E-state index contributed by atoms with van der Waals surface area (Å²) < 4.78 is 37.7. The van der Waals surface area contributed by atoms with Crippen molar-refractivity contribution in [2.24, 2.45) is 5.92 Å². The Morgan fingerprint density at radius 2 is 1.79 bits per heavy atom. The van der Waals surface area contributed by atoms with Crippen LogP contribution in [0.3, 0.4) is 0 Å². The van der Waals surface area contributed by atoms with Crippen LogP contribution in [0.25, 0.3) is 11.0 Å².